The summed E-state index contributed by atoms with van der Waals surface area (Å²) in [4.78, 5) is 45.9. The second-order valence-corrected chi connectivity index (χ2v) is 11.6. The Morgan fingerprint density at radius 2 is 1.64 bits per heavy atom. The van der Waals surface area contributed by atoms with Crippen LogP contribution in [0, 0.1) is 0 Å². The van der Waals surface area contributed by atoms with Crippen molar-refractivity contribution in [2.24, 2.45) is 4.99 Å². The predicted octanol–water partition coefficient (Wildman–Crippen LogP) is 4.47. The van der Waals surface area contributed by atoms with Gasteiger partial charge in [-0.3, -0.25) is 14.2 Å². The van der Waals surface area contributed by atoms with E-state index in [-0.39, 0.29) is 36.9 Å². The van der Waals surface area contributed by atoms with Crippen LogP contribution in [0.2, 0.25) is 0 Å². The standard InChI is InChI=1S/C36H33N3O7S/c1-5-45-30(40)21-38-20-24(25-14-10-11-15-26(25)38)19-29-34(41)39-33(23-16-17-27(43-3)28(18-23)44-4)31(35(42)46-6-2)32(37-36(39)47-29)22-12-8-7-9-13-22/h7-20,33H,5-6,21H2,1-4H3/b29-19-/t33-/m1/s1. The van der Waals surface area contributed by atoms with Gasteiger partial charge in [-0.25, -0.2) is 9.79 Å². The second-order valence-electron chi connectivity index (χ2n) is 10.6. The molecule has 1 aliphatic heterocycles. The van der Waals surface area contributed by atoms with Crippen LogP contribution in [0.3, 0.4) is 0 Å². The molecule has 5 aromatic rings. The van der Waals surface area contributed by atoms with Gasteiger partial charge in [0.1, 0.15) is 6.54 Å². The summed E-state index contributed by atoms with van der Waals surface area (Å²) in [5, 5.41) is 0.872. The van der Waals surface area contributed by atoms with Crippen molar-refractivity contribution in [3.63, 3.8) is 0 Å². The van der Waals surface area contributed by atoms with Gasteiger partial charge in [0.2, 0.25) is 0 Å². The topological polar surface area (TPSA) is 110 Å². The van der Waals surface area contributed by atoms with Crippen LogP contribution in [0.4, 0.5) is 0 Å². The maximum Gasteiger partial charge on any atom is 0.338 e. The lowest BCUT2D eigenvalue weighted by Crippen LogP contribution is -2.40. The molecule has 47 heavy (non-hydrogen) atoms. The molecule has 2 aromatic heterocycles. The molecule has 0 unspecified atom stereocenters. The molecule has 240 valence electrons. The molecule has 1 atom stereocenters. The molecule has 6 rings (SSSR count). The van der Waals surface area contributed by atoms with Crippen LogP contribution in [-0.2, 0) is 25.6 Å². The third-order valence-corrected chi connectivity index (χ3v) is 8.79. The Hall–Kier alpha value is -5.42. The maximum absolute atomic E-state index is 14.4. The first-order valence-electron chi connectivity index (χ1n) is 15.1. The van der Waals surface area contributed by atoms with Crippen molar-refractivity contribution in [3.05, 3.63) is 121 Å². The number of methoxy groups -OCH3 is 2. The second kappa shape index (κ2) is 13.5. The molecule has 0 radical (unpaired) electrons. The van der Waals surface area contributed by atoms with Crippen molar-refractivity contribution >= 4 is 46.0 Å². The first kappa shape index (κ1) is 31.6. The number of para-hydroxylation sites is 1. The minimum Gasteiger partial charge on any atom is -0.493 e. The first-order chi connectivity index (χ1) is 22.9. The van der Waals surface area contributed by atoms with E-state index in [0.29, 0.717) is 37.7 Å². The van der Waals surface area contributed by atoms with Gasteiger partial charge in [-0.15, -0.1) is 0 Å². The lowest BCUT2D eigenvalue weighted by molar-refractivity contribution is -0.143. The average Bonchev–Trinajstić information content (AvgIpc) is 3.59. The van der Waals surface area contributed by atoms with E-state index in [0.717, 1.165) is 16.5 Å². The molecule has 3 heterocycles. The molecule has 0 bridgehead atoms. The molecule has 0 amide bonds. The largest absolute Gasteiger partial charge is 0.493 e. The summed E-state index contributed by atoms with van der Waals surface area (Å²) in [6, 6.07) is 21.5. The van der Waals surface area contributed by atoms with Crippen molar-refractivity contribution in [2.75, 3.05) is 27.4 Å². The number of hydrogen-bond donors (Lipinski definition) is 0. The summed E-state index contributed by atoms with van der Waals surface area (Å²) < 4.78 is 25.6. The van der Waals surface area contributed by atoms with Crippen LogP contribution in [0.15, 0.2) is 94.4 Å². The number of esters is 2. The summed E-state index contributed by atoms with van der Waals surface area (Å²) in [7, 11) is 3.07. The van der Waals surface area contributed by atoms with Crippen LogP contribution in [0.1, 0.15) is 36.6 Å². The molecular weight excluding hydrogens is 618 g/mol. The highest BCUT2D eigenvalue weighted by Crippen LogP contribution is 2.38. The number of carbonyl (C=O) groups is 2. The van der Waals surface area contributed by atoms with E-state index in [1.807, 2.05) is 65.4 Å². The van der Waals surface area contributed by atoms with E-state index in [2.05, 4.69) is 0 Å². The van der Waals surface area contributed by atoms with Crippen LogP contribution in [-0.4, -0.2) is 48.5 Å². The van der Waals surface area contributed by atoms with E-state index < -0.39 is 12.0 Å². The van der Waals surface area contributed by atoms with Crippen molar-refractivity contribution in [1.29, 1.82) is 0 Å². The Balaban J connectivity index is 1.62. The summed E-state index contributed by atoms with van der Waals surface area (Å²) in [5.41, 5.74) is 3.24. The zero-order valence-electron chi connectivity index (χ0n) is 26.4. The Bertz CT molecular complexity index is 2190. The number of fused-ring (bicyclic) bond motifs is 2. The highest BCUT2D eigenvalue weighted by Gasteiger charge is 2.35. The van der Waals surface area contributed by atoms with E-state index in [9.17, 15) is 14.4 Å². The van der Waals surface area contributed by atoms with Gasteiger partial charge in [-0.1, -0.05) is 65.9 Å². The van der Waals surface area contributed by atoms with Crippen LogP contribution >= 0.6 is 11.3 Å². The summed E-state index contributed by atoms with van der Waals surface area (Å²) in [6.45, 7) is 3.96. The smallest absolute Gasteiger partial charge is 0.338 e. The fraction of sp³-hybridized carbons (Fsp3) is 0.222. The molecule has 0 spiro atoms. The summed E-state index contributed by atoms with van der Waals surface area (Å²) in [6.07, 6.45) is 3.64. The van der Waals surface area contributed by atoms with Gasteiger partial charge in [0, 0.05) is 28.2 Å². The van der Waals surface area contributed by atoms with E-state index in [1.165, 1.54) is 23.0 Å². The Labute approximate surface area is 274 Å². The highest BCUT2D eigenvalue weighted by molar-refractivity contribution is 7.07. The number of rotatable bonds is 10. The van der Waals surface area contributed by atoms with Gasteiger partial charge in [0.25, 0.3) is 5.56 Å². The third-order valence-electron chi connectivity index (χ3n) is 7.81. The van der Waals surface area contributed by atoms with E-state index in [4.69, 9.17) is 23.9 Å². The monoisotopic (exact) mass is 651 g/mol. The van der Waals surface area contributed by atoms with E-state index >= 15 is 0 Å². The van der Waals surface area contributed by atoms with Gasteiger partial charge in [0.15, 0.2) is 16.3 Å². The minimum atomic E-state index is -0.882. The predicted molar refractivity (Wildman–Crippen MR) is 179 cm³/mol. The van der Waals surface area contributed by atoms with Crippen LogP contribution in [0.25, 0.3) is 22.7 Å². The molecule has 0 N–H and O–H groups in total. The molecule has 0 fully saturated rings. The van der Waals surface area contributed by atoms with Gasteiger partial charge in [-0.05, 0) is 43.7 Å². The number of benzene rings is 3. The zero-order chi connectivity index (χ0) is 33.1. The molecule has 10 nitrogen and oxygen atoms in total. The summed E-state index contributed by atoms with van der Waals surface area (Å²) >= 11 is 1.22. The SMILES string of the molecule is CCOC(=O)Cn1cc(/C=c2\sc3n(c2=O)[C@H](c2ccc(OC)c(OC)c2)C(C(=O)OCC)=C(c2ccccc2)N=3)c2ccccc21. The first-order valence-corrected chi connectivity index (χ1v) is 15.9. The molecule has 11 heteroatoms. The van der Waals surface area contributed by atoms with Gasteiger partial charge in [0.05, 0.1) is 49.3 Å². The van der Waals surface area contributed by atoms with Crippen molar-refractivity contribution in [2.45, 2.75) is 26.4 Å². The molecule has 0 saturated carbocycles. The molecular formula is C36H33N3O7S. The number of ether oxygens (including phenoxy) is 4. The number of aromatic nitrogens is 2. The zero-order valence-corrected chi connectivity index (χ0v) is 27.2. The fourth-order valence-corrected chi connectivity index (χ4v) is 6.78. The maximum atomic E-state index is 14.4. The number of hydrogen-bond acceptors (Lipinski definition) is 9. The quantitative estimate of drug-likeness (QED) is 0.205. The Kier molecular flexibility index (Phi) is 9.08. The van der Waals surface area contributed by atoms with E-state index in [1.54, 1.807) is 45.2 Å². The van der Waals surface area contributed by atoms with Crippen molar-refractivity contribution < 1.29 is 28.5 Å². The number of nitrogens with zero attached hydrogens (tertiary/aromatic N) is 3. The molecule has 1 aliphatic rings. The average molecular weight is 652 g/mol. The van der Waals surface area contributed by atoms with Gasteiger partial charge < -0.3 is 23.5 Å². The number of carbonyl (C=O) groups excluding carboxylic acids is 2. The lowest BCUT2D eigenvalue weighted by atomic mass is 9.93. The Morgan fingerprint density at radius 1 is 0.915 bits per heavy atom. The third kappa shape index (κ3) is 5.97. The van der Waals surface area contributed by atoms with Crippen molar-refractivity contribution in [3.8, 4) is 11.5 Å². The van der Waals surface area contributed by atoms with Gasteiger partial charge in [-0.2, -0.15) is 0 Å². The van der Waals surface area contributed by atoms with Crippen LogP contribution < -0.4 is 24.4 Å². The normalized spacial score (nSPS) is 14.5. The van der Waals surface area contributed by atoms with Gasteiger partial charge >= 0.3 is 11.9 Å². The molecule has 0 saturated heterocycles. The Morgan fingerprint density at radius 3 is 2.36 bits per heavy atom. The number of thiazole rings is 1. The summed E-state index contributed by atoms with van der Waals surface area (Å²) in [5.74, 6) is 0.0241. The van der Waals surface area contributed by atoms with Crippen molar-refractivity contribution in [1.82, 2.24) is 9.13 Å². The lowest BCUT2D eigenvalue weighted by Gasteiger charge is -2.26. The fourth-order valence-electron chi connectivity index (χ4n) is 5.79. The molecule has 3 aromatic carbocycles. The highest BCUT2D eigenvalue weighted by atomic mass is 32.1. The molecule has 0 aliphatic carbocycles. The van der Waals surface area contributed by atoms with Crippen LogP contribution in [0.5, 0.6) is 11.5 Å². The minimum absolute atomic E-state index is 0.0338.